The molecule has 15 heavy (non-hydrogen) atoms. The number of carbonyl (C=O) groups is 1. The van der Waals surface area contributed by atoms with E-state index in [1.807, 2.05) is 13.8 Å². The smallest absolute Gasteiger partial charge is 0.152 e. The molecule has 2 aromatic rings. The summed E-state index contributed by atoms with van der Waals surface area (Å²) in [5.74, 6) is 0.693. The first-order chi connectivity index (χ1) is 7.22. The molecule has 1 N–H and O–H groups in total. The topological polar surface area (TPSA) is 55.0 Å². The molecule has 2 rings (SSSR count). The van der Waals surface area contributed by atoms with Crippen LogP contribution in [0.2, 0.25) is 0 Å². The van der Waals surface area contributed by atoms with Crippen LogP contribution in [0.5, 0.6) is 5.75 Å². The Hall–Kier alpha value is -1.84. The fourth-order valence-corrected chi connectivity index (χ4v) is 1.50. The van der Waals surface area contributed by atoms with Crippen molar-refractivity contribution < 1.29 is 9.53 Å². The van der Waals surface area contributed by atoms with E-state index in [2.05, 4.69) is 9.97 Å². The second kappa shape index (κ2) is 3.73. The van der Waals surface area contributed by atoms with Crippen molar-refractivity contribution in [1.82, 2.24) is 9.97 Å². The molecule has 0 unspecified atom stereocenters. The molecule has 4 nitrogen and oxygen atoms in total. The maximum atomic E-state index is 10.8. The predicted octanol–water partition coefficient (Wildman–Crippen LogP) is 2.16. The van der Waals surface area contributed by atoms with E-state index in [1.54, 1.807) is 18.5 Å². The number of aldehydes is 1. The van der Waals surface area contributed by atoms with E-state index in [4.69, 9.17) is 4.74 Å². The minimum atomic E-state index is 0.0741. The van der Waals surface area contributed by atoms with Gasteiger partial charge in [-0.2, -0.15) is 0 Å². The molecule has 0 aromatic carbocycles. The zero-order valence-electron chi connectivity index (χ0n) is 8.65. The molecule has 0 radical (unpaired) electrons. The molecule has 0 amide bonds. The normalized spacial score (nSPS) is 10.9. The predicted molar refractivity (Wildman–Crippen MR) is 57.2 cm³/mol. The van der Waals surface area contributed by atoms with Gasteiger partial charge in [0.25, 0.3) is 0 Å². The van der Waals surface area contributed by atoms with Crippen LogP contribution in [0.25, 0.3) is 11.0 Å². The molecule has 0 saturated heterocycles. The van der Waals surface area contributed by atoms with Gasteiger partial charge in [0.05, 0.1) is 11.5 Å². The number of fused-ring (bicyclic) bond motifs is 1. The number of carbonyl (C=O) groups excluding carboxylic acids is 1. The van der Waals surface area contributed by atoms with Gasteiger partial charge in [0.2, 0.25) is 0 Å². The molecule has 0 aliphatic heterocycles. The number of hydrogen-bond donors (Lipinski definition) is 1. The lowest BCUT2D eigenvalue weighted by Crippen LogP contribution is -2.06. The zero-order valence-corrected chi connectivity index (χ0v) is 8.65. The molecule has 0 aliphatic carbocycles. The average molecular weight is 204 g/mol. The summed E-state index contributed by atoms with van der Waals surface area (Å²) >= 11 is 0. The van der Waals surface area contributed by atoms with Crippen LogP contribution in [0.4, 0.5) is 0 Å². The Morgan fingerprint density at radius 2 is 2.33 bits per heavy atom. The summed E-state index contributed by atoms with van der Waals surface area (Å²) in [6, 6.07) is 1.77. The van der Waals surface area contributed by atoms with Crippen molar-refractivity contribution in [3.8, 4) is 5.75 Å². The Morgan fingerprint density at radius 1 is 1.53 bits per heavy atom. The standard InChI is InChI=1S/C11H12N2O2/c1-7(2)15-9-3-4-12-11-10(9)8(6-14)5-13-11/h3-7H,1-2H3,(H,12,13). The highest BCUT2D eigenvalue weighted by Crippen LogP contribution is 2.26. The van der Waals surface area contributed by atoms with Crippen LogP contribution >= 0.6 is 0 Å². The van der Waals surface area contributed by atoms with Crippen LogP contribution < -0.4 is 4.74 Å². The van der Waals surface area contributed by atoms with Crippen molar-refractivity contribution in [3.05, 3.63) is 24.0 Å². The van der Waals surface area contributed by atoms with Crippen molar-refractivity contribution in [2.75, 3.05) is 0 Å². The zero-order chi connectivity index (χ0) is 10.8. The molecule has 78 valence electrons. The van der Waals surface area contributed by atoms with Crippen LogP contribution in [-0.2, 0) is 0 Å². The monoisotopic (exact) mass is 204 g/mol. The van der Waals surface area contributed by atoms with Gasteiger partial charge in [-0.05, 0) is 19.9 Å². The van der Waals surface area contributed by atoms with E-state index in [-0.39, 0.29) is 6.10 Å². The third-order valence-electron chi connectivity index (χ3n) is 2.06. The Kier molecular flexibility index (Phi) is 2.41. The van der Waals surface area contributed by atoms with Gasteiger partial charge in [-0.3, -0.25) is 4.79 Å². The maximum absolute atomic E-state index is 10.8. The second-order valence-corrected chi connectivity index (χ2v) is 3.56. The fraction of sp³-hybridized carbons (Fsp3) is 0.273. The third kappa shape index (κ3) is 1.70. The van der Waals surface area contributed by atoms with Crippen molar-refractivity contribution in [2.45, 2.75) is 20.0 Å². The molecule has 4 heteroatoms. The summed E-state index contributed by atoms with van der Waals surface area (Å²) in [6.45, 7) is 3.89. The van der Waals surface area contributed by atoms with Gasteiger partial charge in [-0.15, -0.1) is 0 Å². The number of H-pyrrole nitrogens is 1. The molecular weight excluding hydrogens is 192 g/mol. The van der Waals surface area contributed by atoms with Gasteiger partial charge in [-0.25, -0.2) is 4.98 Å². The average Bonchev–Trinajstić information content (AvgIpc) is 2.61. The van der Waals surface area contributed by atoms with E-state index in [0.717, 1.165) is 11.7 Å². The molecule has 0 atom stereocenters. The number of nitrogens with zero attached hydrogens (tertiary/aromatic N) is 1. The molecule has 0 bridgehead atoms. The van der Waals surface area contributed by atoms with Crippen molar-refractivity contribution in [2.24, 2.45) is 0 Å². The van der Waals surface area contributed by atoms with Crippen molar-refractivity contribution in [3.63, 3.8) is 0 Å². The number of ether oxygens (including phenoxy) is 1. The molecular formula is C11H12N2O2. The number of aromatic amines is 1. The summed E-state index contributed by atoms with van der Waals surface area (Å²) < 4.78 is 5.61. The Labute approximate surface area is 87.3 Å². The molecule has 2 heterocycles. The van der Waals surface area contributed by atoms with E-state index in [1.165, 1.54) is 0 Å². The van der Waals surface area contributed by atoms with Gasteiger partial charge in [0.1, 0.15) is 11.4 Å². The molecule has 2 aromatic heterocycles. The Bertz CT molecular complexity index is 488. The summed E-state index contributed by atoms with van der Waals surface area (Å²) in [6.07, 6.45) is 4.17. The summed E-state index contributed by atoms with van der Waals surface area (Å²) in [5, 5.41) is 0.751. The quantitative estimate of drug-likeness (QED) is 0.779. The summed E-state index contributed by atoms with van der Waals surface area (Å²) in [7, 11) is 0. The number of nitrogens with one attached hydrogen (secondary N) is 1. The van der Waals surface area contributed by atoms with Gasteiger partial charge in [-0.1, -0.05) is 0 Å². The van der Waals surface area contributed by atoms with Crippen molar-refractivity contribution in [1.29, 1.82) is 0 Å². The lowest BCUT2D eigenvalue weighted by Gasteiger charge is -2.10. The van der Waals surface area contributed by atoms with E-state index < -0.39 is 0 Å². The summed E-state index contributed by atoms with van der Waals surface area (Å²) in [5.41, 5.74) is 1.25. The first-order valence-corrected chi connectivity index (χ1v) is 4.80. The SMILES string of the molecule is CC(C)Oc1ccnc2[nH]cc(C=O)c12. The highest BCUT2D eigenvalue weighted by Gasteiger charge is 2.10. The highest BCUT2D eigenvalue weighted by molar-refractivity contribution is 5.99. The summed E-state index contributed by atoms with van der Waals surface area (Å²) in [4.78, 5) is 17.9. The van der Waals surface area contributed by atoms with Gasteiger partial charge in [0, 0.05) is 18.0 Å². The number of hydrogen-bond acceptors (Lipinski definition) is 3. The first-order valence-electron chi connectivity index (χ1n) is 4.80. The molecule has 0 spiro atoms. The largest absolute Gasteiger partial charge is 0.490 e. The lowest BCUT2D eigenvalue weighted by molar-refractivity contribution is 0.112. The van der Waals surface area contributed by atoms with Crippen LogP contribution in [0.3, 0.4) is 0 Å². The van der Waals surface area contributed by atoms with Crippen LogP contribution in [-0.4, -0.2) is 22.4 Å². The highest BCUT2D eigenvalue weighted by atomic mass is 16.5. The van der Waals surface area contributed by atoms with E-state index in [9.17, 15) is 4.79 Å². The maximum Gasteiger partial charge on any atom is 0.152 e. The first kappa shape index (κ1) is 9.71. The lowest BCUT2D eigenvalue weighted by atomic mass is 10.2. The number of pyridine rings is 1. The minimum absolute atomic E-state index is 0.0741. The van der Waals surface area contributed by atoms with Gasteiger partial charge >= 0.3 is 0 Å². The van der Waals surface area contributed by atoms with Crippen LogP contribution in [0, 0.1) is 0 Å². The molecule has 0 saturated carbocycles. The third-order valence-corrected chi connectivity index (χ3v) is 2.06. The van der Waals surface area contributed by atoms with Gasteiger partial charge in [0.15, 0.2) is 6.29 Å². The Morgan fingerprint density at radius 3 is 3.00 bits per heavy atom. The van der Waals surface area contributed by atoms with Crippen LogP contribution in [0.15, 0.2) is 18.5 Å². The number of rotatable bonds is 3. The van der Waals surface area contributed by atoms with Crippen LogP contribution in [0.1, 0.15) is 24.2 Å². The van der Waals surface area contributed by atoms with E-state index in [0.29, 0.717) is 17.0 Å². The van der Waals surface area contributed by atoms with E-state index >= 15 is 0 Å². The molecule has 0 fully saturated rings. The van der Waals surface area contributed by atoms with Gasteiger partial charge < -0.3 is 9.72 Å². The Balaban J connectivity index is 2.61. The van der Waals surface area contributed by atoms with Crippen molar-refractivity contribution >= 4 is 17.3 Å². The molecule has 0 aliphatic rings. The fourth-order valence-electron chi connectivity index (χ4n) is 1.50. The number of aromatic nitrogens is 2. The minimum Gasteiger partial charge on any atom is -0.490 e. The second-order valence-electron chi connectivity index (χ2n) is 3.56.